The van der Waals surface area contributed by atoms with Crippen LogP contribution in [0.1, 0.15) is 42.5 Å². The second kappa shape index (κ2) is 5.48. The number of hydrogen-bond acceptors (Lipinski definition) is 4. The van der Waals surface area contributed by atoms with E-state index in [0.717, 1.165) is 19.3 Å². The third-order valence-electron chi connectivity index (χ3n) is 3.67. The van der Waals surface area contributed by atoms with Crippen LogP contribution in [-0.4, -0.2) is 28.3 Å². The number of aliphatic hydroxyl groups is 1. The van der Waals surface area contributed by atoms with E-state index >= 15 is 0 Å². The summed E-state index contributed by atoms with van der Waals surface area (Å²) in [5, 5.41) is 22.7. The Morgan fingerprint density at radius 2 is 2.00 bits per heavy atom. The van der Waals surface area contributed by atoms with Gasteiger partial charge in [-0.15, -0.1) is 0 Å². The molecule has 1 aromatic carbocycles. The minimum absolute atomic E-state index is 0.138. The van der Waals surface area contributed by atoms with Crippen molar-refractivity contribution >= 4 is 11.6 Å². The predicted molar refractivity (Wildman–Crippen MR) is 72.9 cm³/mol. The number of aromatic hydroxyl groups is 1. The van der Waals surface area contributed by atoms with Crippen LogP contribution in [0, 0.1) is 0 Å². The lowest BCUT2D eigenvalue weighted by Gasteiger charge is -2.32. The lowest BCUT2D eigenvalue weighted by molar-refractivity contribution is 0.00523. The summed E-state index contributed by atoms with van der Waals surface area (Å²) in [6, 6.07) is 4.64. The van der Waals surface area contributed by atoms with E-state index in [1.54, 1.807) is 6.07 Å². The van der Waals surface area contributed by atoms with Gasteiger partial charge in [0.1, 0.15) is 0 Å². The zero-order valence-electron chi connectivity index (χ0n) is 10.9. The second-order valence-electron chi connectivity index (χ2n) is 5.21. The van der Waals surface area contributed by atoms with E-state index in [-0.39, 0.29) is 23.5 Å². The molecule has 1 amide bonds. The van der Waals surface area contributed by atoms with Gasteiger partial charge in [0.2, 0.25) is 0 Å². The molecular weight excluding hydrogens is 244 g/mol. The number of nitrogen functional groups attached to an aromatic ring is 1. The molecule has 5 N–H and O–H groups in total. The van der Waals surface area contributed by atoms with Gasteiger partial charge in [-0.05, 0) is 25.0 Å². The van der Waals surface area contributed by atoms with Crippen LogP contribution in [0.2, 0.25) is 0 Å². The Kier molecular flexibility index (Phi) is 3.95. The van der Waals surface area contributed by atoms with Crippen molar-refractivity contribution in [1.29, 1.82) is 0 Å². The number of phenolic OH excluding ortho intramolecular Hbond substituents is 1. The number of nitrogens with two attached hydrogens (primary N) is 1. The normalized spacial score (nSPS) is 17.9. The van der Waals surface area contributed by atoms with Crippen LogP contribution in [0.4, 0.5) is 5.69 Å². The maximum absolute atomic E-state index is 12.0. The van der Waals surface area contributed by atoms with Crippen molar-refractivity contribution in [3.8, 4) is 5.75 Å². The first kappa shape index (κ1) is 13.7. The number of phenols is 1. The number of carbonyl (C=O) groups is 1. The Bertz CT molecular complexity index is 468. The van der Waals surface area contributed by atoms with Crippen molar-refractivity contribution in [2.75, 3.05) is 12.3 Å². The Morgan fingerprint density at radius 3 is 2.68 bits per heavy atom. The highest BCUT2D eigenvalue weighted by Gasteiger charge is 2.29. The summed E-state index contributed by atoms with van der Waals surface area (Å²) in [7, 11) is 0. The SMILES string of the molecule is Nc1cccc(C(=O)NCC2(O)CCCCC2)c1O. The molecule has 1 fully saturated rings. The summed E-state index contributed by atoms with van der Waals surface area (Å²) in [4.78, 5) is 12.0. The van der Waals surface area contributed by atoms with Crippen molar-refractivity contribution in [3.63, 3.8) is 0 Å². The molecule has 0 unspecified atom stereocenters. The van der Waals surface area contributed by atoms with Gasteiger partial charge in [0.05, 0.1) is 16.9 Å². The fourth-order valence-electron chi connectivity index (χ4n) is 2.47. The molecule has 1 aliphatic carbocycles. The van der Waals surface area contributed by atoms with Crippen molar-refractivity contribution in [2.45, 2.75) is 37.7 Å². The first-order chi connectivity index (χ1) is 9.02. The van der Waals surface area contributed by atoms with Crippen molar-refractivity contribution in [2.24, 2.45) is 0 Å². The van der Waals surface area contributed by atoms with Crippen LogP contribution >= 0.6 is 0 Å². The highest BCUT2D eigenvalue weighted by molar-refractivity contribution is 5.98. The van der Waals surface area contributed by atoms with Crippen LogP contribution in [-0.2, 0) is 0 Å². The maximum Gasteiger partial charge on any atom is 0.255 e. The fraction of sp³-hybridized carbons (Fsp3) is 0.500. The van der Waals surface area contributed by atoms with Gasteiger partial charge < -0.3 is 21.3 Å². The van der Waals surface area contributed by atoms with Crippen molar-refractivity contribution in [3.05, 3.63) is 23.8 Å². The van der Waals surface area contributed by atoms with Gasteiger partial charge in [0, 0.05) is 6.54 Å². The Hall–Kier alpha value is -1.75. The summed E-state index contributed by atoms with van der Waals surface area (Å²) >= 11 is 0. The zero-order chi connectivity index (χ0) is 13.9. The number of hydrogen-bond donors (Lipinski definition) is 4. The van der Waals surface area contributed by atoms with Crippen LogP contribution < -0.4 is 11.1 Å². The second-order valence-corrected chi connectivity index (χ2v) is 5.21. The predicted octanol–water partition coefficient (Wildman–Crippen LogP) is 1.40. The molecule has 1 aliphatic rings. The third kappa shape index (κ3) is 3.17. The summed E-state index contributed by atoms with van der Waals surface area (Å²) in [5.74, 6) is -0.626. The molecule has 0 aliphatic heterocycles. The van der Waals surface area contributed by atoms with E-state index < -0.39 is 11.5 Å². The van der Waals surface area contributed by atoms with E-state index in [0.29, 0.717) is 12.8 Å². The number of anilines is 1. The average Bonchev–Trinajstić information content (AvgIpc) is 2.40. The number of benzene rings is 1. The topological polar surface area (TPSA) is 95.6 Å². The van der Waals surface area contributed by atoms with Gasteiger partial charge in [0.25, 0.3) is 5.91 Å². The molecule has 2 rings (SSSR count). The molecule has 1 saturated carbocycles. The average molecular weight is 264 g/mol. The number of amides is 1. The molecule has 0 atom stereocenters. The molecule has 1 aromatic rings. The molecule has 0 aromatic heterocycles. The highest BCUT2D eigenvalue weighted by atomic mass is 16.3. The zero-order valence-corrected chi connectivity index (χ0v) is 10.9. The molecule has 0 spiro atoms. The Morgan fingerprint density at radius 1 is 1.32 bits per heavy atom. The summed E-state index contributed by atoms with van der Waals surface area (Å²) in [6.07, 6.45) is 4.50. The van der Waals surface area contributed by atoms with Gasteiger partial charge in [-0.25, -0.2) is 0 Å². The van der Waals surface area contributed by atoms with Crippen molar-refractivity contribution < 1.29 is 15.0 Å². The van der Waals surface area contributed by atoms with Gasteiger partial charge in [0.15, 0.2) is 5.75 Å². The van der Waals surface area contributed by atoms with E-state index in [1.807, 2.05) is 0 Å². The molecule has 0 saturated heterocycles. The lowest BCUT2D eigenvalue weighted by atomic mass is 9.85. The Balaban J connectivity index is 1.99. The van der Waals surface area contributed by atoms with Crippen LogP contribution in [0.25, 0.3) is 0 Å². The van der Waals surface area contributed by atoms with Gasteiger partial charge >= 0.3 is 0 Å². The minimum Gasteiger partial charge on any atom is -0.505 e. The van der Waals surface area contributed by atoms with E-state index in [9.17, 15) is 15.0 Å². The quantitative estimate of drug-likeness (QED) is 0.490. The molecule has 19 heavy (non-hydrogen) atoms. The standard InChI is InChI=1S/C14H20N2O3/c15-11-6-4-5-10(12(11)17)13(18)16-9-14(19)7-2-1-3-8-14/h4-6,17,19H,1-3,7-9,15H2,(H,16,18). The first-order valence-electron chi connectivity index (χ1n) is 6.60. The lowest BCUT2D eigenvalue weighted by Crippen LogP contribution is -2.44. The number of para-hydroxylation sites is 1. The largest absolute Gasteiger partial charge is 0.505 e. The number of carbonyl (C=O) groups excluding carboxylic acids is 1. The fourth-order valence-corrected chi connectivity index (χ4v) is 2.47. The Labute approximate surface area is 112 Å². The minimum atomic E-state index is -0.816. The molecule has 5 nitrogen and oxygen atoms in total. The highest BCUT2D eigenvalue weighted by Crippen LogP contribution is 2.28. The molecule has 5 heteroatoms. The maximum atomic E-state index is 12.0. The summed E-state index contributed by atoms with van der Waals surface area (Å²) in [6.45, 7) is 0.208. The summed E-state index contributed by atoms with van der Waals surface area (Å²) < 4.78 is 0. The molecule has 104 valence electrons. The smallest absolute Gasteiger partial charge is 0.255 e. The molecular formula is C14H20N2O3. The molecule has 0 radical (unpaired) electrons. The van der Waals surface area contributed by atoms with Crippen LogP contribution in [0.3, 0.4) is 0 Å². The molecule has 0 bridgehead atoms. The van der Waals surface area contributed by atoms with E-state index in [1.165, 1.54) is 12.1 Å². The van der Waals surface area contributed by atoms with E-state index in [4.69, 9.17) is 5.73 Å². The van der Waals surface area contributed by atoms with E-state index in [2.05, 4.69) is 5.32 Å². The van der Waals surface area contributed by atoms with Crippen LogP contribution in [0.5, 0.6) is 5.75 Å². The third-order valence-corrected chi connectivity index (χ3v) is 3.67. The van der Waals surface area contributed by atoms with Gasteiger partial charge in [-0.2, -0.15) is 0 Å². The summed E-state index contributed by atoms with van der Waals surface area (Å²) in [5.41, 5.74) is 5.04. The van der Waals surface area contributed by atoms with Gasteiger partial charge in [-0.3, -0.25) is 4.79 Å². The molecule has 0 heterocycles. The first-order valence-corrected chi connectivity index (χ1v) is 6.60. The monoisotopic (exact) mass is 264 g/mol. The van der Waals surface area contributed by atoms with Crippen LogP contribution in [0.15, 0.2) is 18.2 Å². The van der Waals surface area contributed by atoms with Crippen molar-refractivity contribution in [1.82, 2.24) is 5.32 Å². The van der Waals surface area contributed by atoms with Gasteiger partial charge in [-0.1, -0.05) is 25.3 Å². The number of rotatable bonds is 3. The number of nitrogens with one attached hydrogen (secondary N) is 1.